The Morgan fingerprint density at radius 1 is 1.19 bits per heavy atom. The van der Waals surface area contributed by atoms with E-state index in [4.69, 9.17) is 11.6 Å². The maximum Gasteiger partial charge on any atom is 0.416 e. The molecule has 0 aliphatic carbocycles. The molecule has 142 valence electrons. The average molecular weight is 377 g/mol. The minimum absolute atomic E-state index is 0.0221. The number of aromatic nitrogens is 1. The molecule has 1 aromatic heterocycles. The number of nitrogens with two attached hydrogens (primary N) is 2. The van der Waals surface area contributed by atoms with Crippen molar-refractivity contribution in [2.75, 3.05) is 11.6 Å². The number of nitrogens with zero attached hydrogens (tertiary/aromatic N) is 2. The van der Waals surface area contributed by atoms with Crippen molar-refractivity contribution >= 4 is 11.7 Å². The zero-order chi connectivity index (χ0) is 19.6. The number of halogens is 3. The Bertz CT molecular complexity index is 895. The van der Waals surface area contributed by atoms with E-state index in [1.165, 1.54) is 17.3 Å². The van der Waals surface area contributed by atoms with Gasteiger partial charge in [0.25, 0.3) is 5.91 Å². The molecule has 6 nitrogen and oxygen atoms in total. The second-order valence-corrected chi connectivity index (χ2v) is 6.13. The van der Waals surface area contributed by atoms with E-state index in [1.807, 2.05) is 0 Å². The van der Waals surface area contributed by atoms with Crippen LogP contribution in [0.4, 0.5) is 19.0 Å². The SMILES string of the molecule is NC1=C(N(N)c2cc(Cc3cccc(C(F)(F)F)c3)ccn2)CCNC1=O. The van der Waals surface area contributed by atoms with Crippen LogP contribution in [0.2, 0.25) is 0 Å². The Balaban J connectivity index is 1.84. The summed E-state index contributed by atoms with van der Waals surface area (Å²) in [5, 5.41) is 3.85. The Hall–Kier alpha value is -3.07. The van der Waals surface area contributed by atoms with Crippen molar-refractivity contribution in [3.05, 3.63) is 70.7 Å². The molecule has 0 unspecified atom stereocenters. The zero-order valence-corrected chi connectivity index (χ0v) is 14.3. The maximum absolute atomic E-state index is 12.9. The first-order chi connectivity index (χ1) is 12.8. The van der Waals surface area contributed by atoms with Gasteiger partial charge in [-0.05, 0) is 35.7 Å². The average Bonchev–Trinajstić information content (AvgIpc) is 2.63. The van der Waals surface area contributed by atoms with E-state index in [0.29, 0.717) is 30.0 Å². The molecule has 3 rings (SSSR count). The molecular formula is C18H18F3N5O. The summed E-state index contributed by atoms with van der Waals surface area (Å²) in [4.78, 5) is 15.8. The van der Waals surface area contributed by atoms with Gasteiger partial charge in [-0.25, -0.2) is 10.8 Å². The van der Waals surface area contributed by atoms with Crippen molar-refractivity contribution < 1.29 is 18.0 Å². The number of carbonyl (C=O) groups is 1. The summed E-state index contributed by atoms with van der Waals surface area (Å²) in [5.41, 5.74) is 6.81. The van der Waals surface area contributed by atoms with Crippen molar-refractivity contribution in [1.29, 1.82) is 0 Å². The lowest BCUT2D eigenvalue weighted by Gasteiger charge is -2.26. The van der Waals surface area contributed by atoms with Crippen LogP contribution in [0, 0.1) is 0 Å². The Kier molecular flexibility index (Phi) is 5.04. The van der Waals surface area contributed by atoms with Crippen molar-refractivity contribution in [2.45, 2.75) is 19.0 Å². The van der Waals surface area contributed by atoms with Crippen molar-refractivity contribution in [2.24, 2.45) is 11.6 Å². The molecule has 0 fully saturated rings. The number of benzene rings is 1. The Morgan fingerprint density at radius 2 is 1.93 bits per heavy atom. The highest BCUT2D eigenvalue weighted by molar-refractivity contribution is 5.94. The number of hydrogen-bond donors (Lipinski definition) is 3. The van der Waals surface area contributed by atoms with Gasteiger partial charge in [-0.1, -0.05) is 18.2 Å². The topological polar surface area (TPSA) is 97.3 Å². The first-order valence-corrected chi connectivity index (χ1v) is 8.18. The second-order valence-electron chi connectivity index (χ2n) is 6.13. The molecule has 0 atom stereocenters. The number of nitrogens with one attached hydrogen (secondary N) is 1. The van der Waals surface area contributed by atoms with Crippen molar-refractivity contribution in [1.82, 2.24) is 10.3 Å². The summed E-state index contributed by atoms with van der Waals surface area (Å²) in [5.74, 6) is 6.03. The lowest BCUT2D eigenvalue weighted by atomic mass is 10.0. The quantitative estimate of drug-likeness (QED) is 0.560. The molecular weight excluding hydrogens is 359 g/mol. The normalized spacial score (nSPS) is 14.9. The largest absolute Gasteiger partial charge is 0.416 e. The van der Waals surface area contributed by atoms with Crippen LogP contribution in [0.25, 0.3) is 0 Å². The number of rotatable bonds is 4. The van der Waals surface area contributed by atoms with Gasteiger partial charge in [0, 0.05) is 19.2 Å². The molecule has 1 aromatic carbocycles. The predicted octanol–water partition coefficient (Wildman–Crippen LogP) is 2.06. The van der Waals surface area contributed by atoms with E-state index in [2.05, 4.69) is 10.3 Å². The van der Waals surface area contributed by atoms with Gasteiger partial charge in [0.05, 0.1) is 11.3 Å². The van der Waals surface area contributed by atoms with Gasteiger partial charge >= 0.3 is 6.18 Å². The third kappa shape index (κ3) is 4.20. The van der Waals surface area contributed by atoms with Crippen LogP contribution in [-0.4, -0.2) is 17.4 Å². The van der Waals surface area contributed by atoms with Crippen LogP contribution >= 0.6 is 0 Å². The van der Waals surface area contributed by atoms with Crippen molar-refractivity contribution in [3.63, 3.8) is 0 Å². The Morgan fingerprint density at radius 3 is 2.67 bits per heavy atom. The fourth-order valence-corrected chi connectivity index (χ4v) is 2.84. The maximum atomic E-state index is 12.9. The minimum atomic E-state index is -4.39. The summed E-state index contributed by atoms with van der Waals surface area (Å²) in [7, 11) is 0. The molecule has 0 spiro atoms. The number of pyridine rings is 1. The van der Waals surface area contributed by atoms with E-state index in [0.717, 1.165) is 17.7 Å². The molecule has 0 radical (unpaired) electrons. The summed E-state index contributed by atoms with van der Waals surface area (Å²) < 4.78 is 38.6. The smallest absolute Gasteiger partial charge is 0.393 e. The number of hydrogen-bond acceptors (Lipinski definition) is 5. The summed E-state index contributed by atoms with van der Waals surface area (Å²) in [6, 6.07) is 8.51. The van der Waals surface area contributed by atoms with Crippen molar-refractivity contribution in [3.8, 4) is 0 Å². The molecule has 1 aliphatic heterocycles. The van der Waals surface area contributed by atoms with Gasteiger partial charge in [0.15, 0.2) is 0 Å². The third-order valence-corrected chi connectivity index (χ3v) is 4.21. The highest BCUT2D eigenvalue weighted by Gasteiger charge is 2.30. The van der Waals surface area contributed by atoms with Gasteiger partial charge in [-0.15, -0.1) is 0 Å². The number of amides is 1. The van der Waals surface area contributed by atoms with E-state index < -0.39 is 17.6 Å². The highest BCUT2D eigenvalue weighted by Crippen LogP contribution is 2.30. The van der Waals surface area contributed by atoms with Gasteiger partial charge in [-0.3, -0.25) is 9.80 Å². The summed E-state index contributed by atoms with van der Waals surface area (Å²) >= 11 is 0. The predicted molar refractivity (Wildman–Crippen MR) is 94.0 cm³/mol. The Labute approximate surface area is 153 Å². The second kappa shape index (κ2) is 7.28. The molecule has 5 N–H and O–H groups in total. The van der Waals surface area contributed by atoms with Crippen LogP contribution in [0.5, 0.6) is 0 Å². The number of hydrazine groups is 1. The minimum Gasteiger partial charge on any atom is -0.393 e. The van der Waals surface area contributed by atoms with E-state index in [1.54, 1.807) is 18.2 Å². The van der Waals surface area contributed by atoms with Gasteiger partial charge in [-0.2, -0.15) is 13.2 Å². The lowest BCUT2D eigenvalue weighted by molar-refractivity contribution is -0.137. The van der Waals surface area contributed by atoms with E-state index >= 15 is 0 Å². The third-order valence-electron chi connectivity index (χ3n) is 4.21. The van der Waals surface area contributed by atoms with Crippen LogP contribution < -0.4 is 21.9 Å². The van der Waals surface area contributed by atoms with Crippen LogP contribution in [0.1, 0.15) is 23.1 Å². The fraction of sp³-hybridized carbons (Fsp3) is 0.222. The zero-order valence-electron chi connectivity index (χ0n) is 14.3. The van der Waals surface area contributed by atoms with Gasteiger partial charge < -0.3 is 11.1 Å². The number of carbonyl (C=O) groups excluding carboxylic acids is 1. The summed E-state index contributed by atoms with van der Waals surface area (Å²) in [6.45, 7) is 0.409. The van der Waals surface area contributed by atoms with Crippen LogP contribution in [0.15, 0.2) is 54.0 Å². The molecule has 2 aromatic rings. The molecule has 27 heavy (non-hydrogen) atoms. The van der Waals surface area contributed by atoms with Crippen LogP contribution in [0.3, 0.4) is 0 Å². The fourth-order valence-electron chi connectivity index (χ4n) is 2.84. The monoisotopic (exact) mass is 377 g/mol. The summed E-state index contributed by atoms with van der Waals surface area (Å²) in [6.07, 6.45) is -2.15. The highest BCUT2D eigenvalue weighted by atomic mass is 19.4. The standard InChI is InChI=1S/C18H18F3N5O/c19-18(20,21)13-3-1-2-11(9-13)8-12-4-6-24-15(10-12)26(23)14-5-7-25-17(27)16(14)22/h1-4,6,9-10H,5,7-8,22-23H2,(H,25,27). The van der Waals surface area contributed by atoms with Gasteiger partial charge in [0.1, 0.15) is 11.5 Å². The molecule has 0 bridgehead atoms. The number of anilines is 1. The lowest BCUT2D eigenvalue weighted by Crippen LogP contribution is -2.43. The molecule has 0 saturated heterocycles. The molecule has 2 heterocycles. The molecule has 0 saturated carbocycles. The molecule has 9 heteroatoms. The van der Waals surface area contributed by atoms with E-state index in [9.17, 15) is 18.0 Å². The first-order valence-electron chi connectivity index (χ1n) is 8.18. The molecule has 1 aliphatic rings. The van der Waals surface area contributed by atoms with Crippen LogP contribution in [-0.2, 0) is 17.4 Å². The molecule has 1 amide bonds. The van der Waals surface area contributed by atoms with E-state index in [-0.39, 0.29) is 12.1 Å². The first kappa shape index (κ1) is 18.7. The van der Waals surface area contributed by atoms with Gasteiger partial charge in [0.2, 0.25) is 0 Å². The number of alkyl halides is 3.